The molecule has 15 heavy (non-hydrogen) atoms. The van der Waals surface area contributed by atoms with Crippen LogP contribution < -0.4 is 10.2 Å². The molecule has 1 aliphatic heterocycles. The van der Waals surface area contributed by atoms with Gasteiger partial charge in [-0.15, -0.1) is 24.8 Å². The van der Waals surface area contributed by atoms with Crippen LogP contribution in [-0.4, -0.2) is 31.2 Å². The standard InChI is InChI=1S/C9H12FN3.2ClH/c10-8-5-9(7-12-6-8)13-3-1-11-2-4-13;;/h5-7,11H,1-4H2;2*1H. The van der Waals surface area contributed by atoms with Gasteiger partial charge in [0.05, 0.1) is 18.1 Å². The third kappa shape index (κ3) is 3.81. The second-order valence-electron chi connectivity index (χ2n) is 3.10. The number of hydrogen-bond acceptors (Lipinski definition) is 3. The van der Waals surface area contributed by atoms with Gasteiger partial charge in [-0.1, -0.05) is 0 Å². The van der Waals surface area contributed by atoms with E-state index in [2.05, 4.69) is 15.2 Å². The Hall–Kier alpha value is -0.580. The van der Waals surface area contributed by atoms with E-state index in [4.69, 9.17) is 0 Å². The lowest BCUT2D eigenvalue weighted by Gasteiger charge is -2.28. The van der Waals surface area contributed by atoms with Gasteiger partial charge in [-0.05, 0) is 0 Å². The van der Waals surface area contributed by atoms with E-state index in [1.165, 1.54) is 12.3 Å². The second kappa shape index (κ2) is 6.82. The SMILES string of the molecule is Cl.Cl.Fc1cncc(N2CCNCC2)c1. The maximum absolute atomic E-state index is 12.8. The van der Waals surface area contributed by atoms with E-state index >= 15 is 0 Å². The highest BCUT2D eigenvalue weighted by molar-refractivity contribution is 5.85. The van der Waals surface area contributed by atoms with Crippen molar-refractivity contribution >= 4 is 30.5 Å². The van der Waals surface area contributed by atoms with Gasteiger partial charge in [0, 0.05) is 32.2 Å². The summed E-state index contributed by atoms with van der Waals surface area (Å²) < 4.78 is 12.8. The predicted molar refractivity (Wildman–Crippen MR) is 63.8 cm³/mol. The van der Waals surface area contributed by atoms with Crippen LogP contribution in [0.25, 0.3) is 0 Å². The summed E-state index contributed by atoms with van der Waals surface area (Å²) >= 11 is 0. The fraction of sp³-hybridized carbons (Fsp3) is 0.444. The third-order valence-electron chi connectivity index (χ3n) is 2.17. The number of pyridine rings is 1. The van der Waals surface area contributed by atoms with Gasteiger partial charge < -0.3 is 10.2 Å². The predicted octanol–water partition coefficient (Wildman–Crippen LogP) is 1.47. The molecule has 0 atom stereocenters. The first kappa shape index (κ1) is 14.4. The summed E-state index contributed by atoms with van der Waals surface area (Å²) in [5, 5.41) is 3.24. The largest absolute Gasteiger partial charge is 0.368 e. The second-order valence-corrected chi connectivity index (χ2v) is 3.10. The van der Waals surface area contributed by atoms with Gasteiger partial charge in [0.25, 0.3) is 0 Å². The van der Waals surface area contributed by atoms with Crippen molar-refractivity contribution in [1.82, 2.24) is 10.3 Å². The number of nitrogens with zero attached hydrogens (tertiary/aromatic N) is 2. The summed E-state index contributed by atoms with van der Waals surface area (Å²) in [4.78, 5) is 5.95. The summed E-state index contributed by atoms with van der Waals surface area (Å²) in [5.41, 5.74) is 0.876. The number of rotatable bonds is 1. The zero-order valence-electron chi connectivity index (χ0n) is 8.15. The number of aromatic nitrogens is 1. The first-order valence-corrected chi connectivity index (χ1v) is 4.42. The molecular formula is C9H14Cl2FN3. The lowest BCUT2D eigenvalue weighted by molar-refractivity contribution is 0.582. The van der Waals surface area contributed by atoms with Crippen molar-refractivity contribution < 1.29 is 4.39 Å². The van der Waals surface area contributed by atoms with Gasteiger partial charge in [-0.3, -0.25) is 4.98 Å². The van der Waals surface area contributed by atoms with E-state index in [0.29, 0.717) is 0 Å². The number of hydrogen-bond donors (Lipinski definition) is 1. The molecule has 0 amide bonds. The number of halogens is 3. The lowest BCUT2D eigenvalue weighted by atomic mass is 10.3. The van der Waals surface area contributed by atoms with Gasteiger partial charge in [0.2, 0.25) is 0 Å². The van der Waals surface area contributed by atoms with Crippen LogP contribution in [0.15, 0.2) is 18.5 Å². The Kier molecular flexibility index (Phi) is 6.56. The van der Waals surface area contributed by atoms with Crippen molar-refractivity contribution in [1.29, 1.82) is 0 Å². The minimum atomic E-state index is -0.268. The minimum Gasteiger partial charge on any atom is -0.368 e. The number of anilines is 1. The van der Waals surface area contributed by atoms with Gasteiger partial charge in [0.15, 0.2) is 0 Å². The van der Waals surface area contributed by atoms with Crippen LogP contribution in [0, 0.1) is 5.82 Å². The zero-order valence-corrected chi connectivity index (χ0v) is 9.78. The zero-order chi connectivity index (χ0) is 9.10. The van der Waals surface area contributed by atoms with Crippen molar-refractivity contribution in [2.75, 3.05) is 31.1 Å². The molecule has 1 aromatic heterocycles. The fourth-order valence-electron chi connectivity index (χ4n) is 1.50. The topological polar surface area (TPSA) is 28.2 Å². The summed E-state index contributed by atoms with van der Waals surface area (Å²) in [5.74, 6) is -0.268. The Labute approximate surface area is 101 Å². The molecule has 1 aliphatic rings. The van der Waals surface area contributed by atoms with Crippen LogP contribution in [0.2, 0.25) is 0 Å². The van der Waals surface area contributed by atoms with Crippen LogP contribution in [0.4, 0.5) is 10.1 Å². The first-order valence-electron chi connectivity index (χ1n) is 4.42. The normalized spacial score (nSPS) is 15.1. The molecule has 0 spiro atoms. The van der Waals surface area contributed by atoms with Crippen molar-refractivity contribution in [3.8, 4) is 0 Å². The number of piperazine rings is 1. The highest BCUT2D eigenvalue weighted by Gasteiger charge is 2.10. The Morgan fingerprint density at radius 3 is 2.47 bits per heavy atom. The van der Waals surface area contributed by atoms with Crippen molar-refractivity contribution in [3.05, 3.63) is 24.3 Å². The monoisotopic (exact) mass is 253 g/mol. The molecule has 1 aromatic rings. The molecule has 0 radical (unpaired) electrons. The van der Waals surface area contributed by atoms with E-state index in [1.54, 1.807) is 6.20 Å². The van der Waals surface area contributed by atoms with Crippen LogP contribution in [-0.2, 0) is 0 Å². The summed E-state index contributed by atoms with van der Waals surface area (Å²) in [7, 11) is 0. The molecule has 6 heteroatoms. The Bertz CT molecular complexity index is 292. The van der Waals surface area contributed by atoms with Gasteiger partial charge in [0.1, 0.15) is 5.82 Å². The molecule has 0 bridgehead atoms. The molecule has 1 saturated heterocycles. The molecule has 0 aromatic carbocycles. The van der Waals surface area contributed by atoms with Gasteiger partial charge >= 0.3 is 0 Å². The lowest BCUT2D eigenvalue weighted by Crippen LogP contribution is -2.43. The van der Waals surface area contributed by atoms with E-state index < -0.39 is 0 Å². The molecule has 3 nitrogen and oxygen atoms in total. The molecule has 0 unspecified atom stereocenters. The van der Waals surface area contributed by atoms with E-state index in [9.17, 15) is 4.39 Å². The average molecular weight is 254 g/mol. The third-order valence-corrected chi connectivity index (χ3v) is 2.17. The minimum absolute atomic E-state index is 0. The maximum atomic E-state index is 12.8. The van der Waals surface area contributed by atoms with Crippen molar-refractivity contribution in [2.45, 2.75) is 0 Å². The van der Waals surface area contributed by atoms with Gasteiger partial charge in [-0.25, -0.2) is 4.39 Å². The van der Waals surface area contributed by atoms with E-state index in [1.807, 2.05) is 0 Å². The molecule has 86 valence electrons. The summed E-state index contributed by atoms with van der Waals surface area (Å²) in [6.45, 7) is 3.75. The Morgan fingerprint density at radius 1 is 1.20 bits per heavy atom. The molecular weight excluding hydrogens is 240 g/mol. The summed E-state index contributed by atoms with van der Waals surface area (Å²) in [6, 6.07) is 1.53. The highest BCUT2D eigenvalue weighted by Crippen LogP contribution is 2.13. The molecule has 0 saturated carbocycles. The van der Waals surface area contributed by atoms with E-state index in [0.717, 1.165) is 31.9 Å². The van der Waals surface area contributed by atoms with Crippen molar-refractivity contribution in [3.63, 3.8) is 0 Å². The van der Waals surface area contributed by atoms with Crippen molar-refractivity contribution in [2.24, 2.45) is 0 Å². The fourth-order valence-corrected chi connectivity index (χ4v) is 1.50. The smallest absolute Gasteiger partial charge is 0.143 e. The van der Waals surface area contributed by atoms with Crippen LogP contribution >= 0.6 is 24.8 Å². The molecule has 1 N–H and O–H groups in total. The van der Waals surface area contributed by atoms with Gasteiger partial charge in [-0.2, -0.15) is 0 Å². The first-order chi connectivity index (χ1) is 6.36. The average Bonchev–Trinajstić information content (AvgIpc) is 2.19. The molecule has 2 heterocycles. The van der Waals surface area contributed by atoms with Crippen LogP contribution in [0.3, 0.4) is 0 Å². The Morgan fingerprint density at radius 2 is 1.87 bits per heavy atom. The highest BCUT2D eigenvalue weighted by atomic mass is 35.5. The summed E-state index contributed by atoms with van der Waals surface area (Å²) in [6.07, 6.45) is 2.93. The Balaban J connectivity index is 0.000000980. The van der Waals surface area contributed by atoms with Crippen LogP contribution in [0.5, 0.6) is 0 Å². The molecule has 0 aliphatic carbocycles. The number of nitrogens with one attached hydrogen (secondary N) is 1. The molecule has 1 fully saturated rings. The maximum Gasteiger partial charge on any atom is 0.143 e. The molecule has 2 rings (SSSR count). The van der Waals surface area contributed by atoms with E-state index in [-0.39, 0.29) is 30.6 Å². The quantitative estimate of drug-likeness (QED) is 0.822. The van der Waals surface area contributed by atoms with Crippen LogP contribution in [0.1, 0.15) is 0 Å².